The maximum Gasteiger partial charge on any atom is 0.130 e. The summed E-state index contributed by atoms with van der Waals surface area (Å²) in [5.41, 5.74) is 5.67. The quantitative estimate of drug-likeness (QED) is 0.501. The second-order valence-electron chi connectivity index (χ2n) is 9.99. The number of ether oxygens (including phenoxy) is 1. The number of rotatable bonds is 4. The Hall–Kier alpha value is -3.19. The van der Waals surface area contributed by atoms with Crippen LogP contribution < -0.4 is 15.0 Å². The summed E-state index contributed by atoms with van der Waals surface area (Å²) in [5.74, 6) is 2.77. The van der Waals surface area contributed by atoms with Gasteiger partial charge >= 0.3 is 0 Å². The fraction of sp³-hybridized carbons (Fsp3) is 0.423. The van der Waals surface area contributed by atoms with Crippen LogP contribution in [0.15, 0.2) is 36.4 Å². The van der Waals surface area contributed by atoms with Gasteiger partial charge in [0.1, 0.15) is 17.4 Å². The average molecular weight is 445 g/mol. The molecule has 7 heteroatoms. The van der Waals surface area contributed by atoms with Gasteiger partial charge in [-0.25, -0.2) is 15.0 Å². The standard InChI is InChI=1S/C26H32N6O/c1-16-27-22-13-18(24(33-6)14-23(22)31(16)5)19-7-8-21-20(28-19)9-10-25(29-21)32-12-11-17(15-32)30-26(2,3)4/h7-10,13-14,17,30H,11-12,15H2,1-6H3. The van der Waals surface area contributed by atoms with Crippen LogP contribution >= 0.6 is 0 Å². The zero-order chi connectivity index (χ0) is 23.3. The first-order chi connectivity index (χ1) is 15.7. The predicted octanol–water partition coefficient (Wildman–Crippen LogP) is 4.47. The Morgan fingerprint density at radius 2 is 1.76 bits per heavy atom. The summed E-state index contributed by atoms with van der Waals surface area (Å²) in [6.07, 6.45) is 1.13. The number of aryl methyl sites for hydroxylation is 2. The molecule has 1 atom stereocenters. The molecule has 4 heterocycles. The number of methoxy groups -OCH3 is 1. The molecule has 0 aliphatic carbocycles. The second kappa shape index (κ2) is 7.99. The highest BCUT2D eigenvalue weighted by atomic mass is 16.5. The average Bonchev–Trinajstić information content (AvgIpc) is 3.34. The van der Waals surface area contributed by atoms with Gasteiger partial charge < -0.3 is 19.5 Å². The summed E-state index contributed by atoms with van der Waals surface area (Å²) in [6.45, 7) is 10.6. The Balaban J connectivity index is 1.45. The van der Waals surface area contributed by atoms with Crippen molar-refractivity contribution in [3.8, 4) is 17.0 Å². The van der Waals surface area contributed by atoms with Crippen LogP contribution in [-0.2, 0) is 7.05 Å². The van der Waals surface area contributed by atoms with Crippen LogP contribution in [0.4, 0.5) is 5.82 Å². The SMILES string of the molecule is COc1cc2c(cc1-c1ccc3nc(N4CCC(NC(C)(C)C)C4)ccc3n1)nc(C)n2C. The van der Waals surface area contributed by atoms with Crippen molar-refractivity contribution in [2.45, 2.75) is 45.7 Å². The van der Waals surface area contributed by atoms with Crippen LogP contribution in [-0.4, -0.2) is 51.3 Å². The third-order valence-electron chi connectivity index (χ3n) is 6.38. The Kier molecular flexibility index (Phi) is 5.24. The predicted molar refractivity (Wildman–Crippen MR) is 134 cm³/mol. The zero-order valence-corrected chi connectivity index (χ0v) is 20.3. The molecule has 4 aromatic rings. The van der Waals surface area contributed by atoms with E-state index in [1.807, 2.05) is 26.1 Å². The molecule has 0 saturated carbocycles. The molecular weight excluding hydrogens is 412 g/mol. The van der Waals surface area contributed by atoms with Gasteiger partial charge in [-0.05, 0) is 64.4 Å². The molecule has 7 nitrogen and oxygen atoms in total. The maximum atomic E-state index is 5.71. The van der Waals surface area contributed by atoms with Crippen LogP contribution in [0.5, 0.6) is 5.75 Å². The Labute approximate surface area is 194 Å². The number of fused-ring (bicyclic) bond motifs is 2. The molecule has 33 heavy (non-hydrogen) atoms. The van der Waals surface area contributed by atoms with Crippen LogP contribution in [0.1, 0.15) is 33.0 Å². The summed E-state index contributed by atoms with van der Waals surface area (Å²) in [5, 5.41) is 3.71. The van der Waals surface area contributed by atoms with E-state index in [9.17, 15) is 0 Å². The van der Waals surface area contributed by atoms with Gasteiger partial charge in [0.15, 0.2) is 0 Å². The van der Waals surface area contributed by atoms with E-state index in [1.165, 1.54) is 0 Å². The molecule has 1 aliphatic heterocycles. The van der Waals surface area contributed by atoms with Gasteiger partial charge in [0, 0.05) is 43.3 Å². The molecule has 1 saturated heterocycles. The molecule has 1 aromatic carbocycles. The van der Waals surface area contributed by atoms with Crippen LogP contribution in [0, 0.1) is 6.92 Å². The summed E-state index contributed by atoms with van der Waals surface area (Å²) in [6, 6.07) is 12.8. The first kappa shape index (κ1) is 21.6. The molecular formula is C26H32N6O. The molecule has 0 spiro atoms. The van der Waals surface area contributed by atoms with Gasteiger partial charge in [0.25, 0.3) is 0 Å². The topological polar surface area (TPSA) is 68.1 Å². The van der Waals surface area contributed by atoms with Crippen molar-refractivity contribution >= 4 is 27.9 Å². The first-order valence-corrected chi connectivity index (χ1v) is 11.5. The molecule has 0 radical (unpaired) electrons. The summed E-state index contributed by atoms with van der Waals surface area (Å²) >= 11 is 0. The lowest BCUT2D eigenvalue weighted by Gasteiger charge is -2.26. The second-order valence-corrected chi connectivity index (χ2v) is 9.99. The molecule has 172 valence electrons. The summed E-state index contributed by atoms with van der Waals surface area (Å²) < 4.78 is 7.78. The van der Waals surface area contributed by atoms with Gasteiger partial charge in [-0.15, -0.1) is 0 Å². The first-order valence-electron chi connectivity index (χ1n) is 11.5. The fourth-order valence-corrected chi connectivity index (χ4v) is 4.73. The Morgan fingerprint density at radius 1 is 1.00 bits per heavy atom. The van der Waals surface area contributed by atoms with Crippen LogP contribution in [0.2, 0.25) is 0 Å². The molecule has 1 unspecified atom stereocenters. The fourth-order valence-electron chi connectivity index (χ4n) is 4.73. The largest absolute Gasteiger partial charge is 0.496 e. The summed E-state index contributed by atoms with van der Waals surface area (Å²) in [4.78, 5) is 16.9. The number of hydrogen-bond acceptors (Lipinski definition) is 6. The Bertz CT molecular complexity index is 1340. The molecule has 1 aliphatic rings. The smallest absolute Gasteiger partial charge is 0.130 e. The van der Waals surface area contributed by atoms with E-state index in [4.69, 9.17) is 14.7 Å². The van der Waals surface area contributed by atoms with Gasteiger partial charge in [-0.1, -0.05) is 0 Å². The number of benzene rings is 1. The lowest BCUT2D eigenvalue weighted by Crippen LogP contribution is -2.44. The zero-order valence-electron chi connectivity index (χ0n) is 20.3. The van der Waals surface area contributed by atoms with E-state index in [2.05, 4.69) is 64.8 Å². The minimum Gasteiger partial charge on any atom is -0.496 e. The highest BCUT2D eigenvalue weighted by molar-refractivity contribution is 5.88. The Morgan fingerprint density at radius 3 is 2.52 bits per heavy atom. The van der Waals surface area contributed by atoms with Gasteiger partial charge in [0.2, 0.25) is 0 Å². The molecule has 3 aromatic heterocycles. The van der Waals surface area contributed by atoms with E-state index in [0.717, 1.165) is 70.2 Å². The summed E-state index contributed by atoms with van der Waals surface area (Å²) in [7, 11) is 3.71. The van der Waals surface area contributed by atoms with Gasteiger partial charge in [-0.2, -0.15) is 0 Å². The maximum absolute atomic E-state index is 5.71. The van der Waals surface area contributed by atoms with Crippen molar-refractivity contribution in [2.75, 3.05) is 25.1 Å². The van der Waals surface area contributed by atoms with Crippen molar-refractivity contribution < 1.29 is 4.74 Å². The van der Waals surface area contributed by atoms with Crippen LogP contribution in [0.25, 0.3) is 33.3 Å². The number of imidazole rings is 1. The lowest BCUT2D eigenvalue weighted by molar-refractivity contribution is 0.373. The van der Waals surface area contributed by atoms with E-state index >= 15 is 0 Å². The van der Waals surface area contributed by atoms with E-state index in [1.54, 1.807) is 7.11 Å². The van der Waals surface area contributed by atoms with Crippen molar-refractivity contribution in [3.63, 3.8) is 0 Å². The van der Waals surface area contributed by atoms with Crippen molar-refractivity contribution in [1.82, 2.24) is 24.8 Å². The van der Waals surface area contributed by atoms with E-state index in [-0.39, 0.29) is 5.54 Å². The minimum atomic E-state index is 0.121. The third kappa shape index (κ3) is 4.13. The molecule has 1 fully saturated rings. The monoisotopic (exact) mass is 444 g/mol. The number of nitrogens with one attached hydrogen (secondary N) is 1. The van der Waals surface area contributed by atoms with Crippen molar-refractivity contribution in [2.24, 2.45) is 7.05 Å². The lowest BCUT2D eigenvalue weighted by atomic mass is 10.1. The minimum absolute atomic E-state index is 0.121. The number of nitrogens with zero attached hydrogens (tertiary/aromatic N) is 5. The molecule has 1 N–H and O–H groups in total. The van der Waals surface area contributed by atoms with Crippen molar-refractivity contribution in [1.29, 1.82) is 0 Å². The molecule has 5 rings (SSSR count). The van der Waals surface area contributed by atoms with Crippen molar-refractivity contribution in [3.05, 3.63) is 42.2 Å². The number of pyridine rings is 2. The number of aromatic nitrogens is 4. The number of hydrogen-bond donors (Lipinski definition) is 1. The highest BCUT2D eigenvalue weighted by Crippen LogP contribution is 2.34. The number of anilines is 1. The van der Waals surface area contributed by atoms with Crippen LogP contribution in [0.3, 0.4) is 0 Å². The molecule has 0 amide bonds. The van der Waals surface area contributed by atoms with E-state index < -0.39 is 0 Å². The van der Waals surface area contributed by atoms with Gasteiger partial charge in [-0.3, -0.25) is 0 Å². The van der Waals surface area contributed by atoms with Gasteiger partial charge in [0.05, 0.1) is 34.9 Å². The third-order valence-corrected chi connectivity index (χ3v) is 6.38. The normalized spacial score (nSPS) is 16.8. The highest BCUT2D eigenvalue weighted by Gasteiger charge is 2.26. The molecule has 0 bridgehead atoms. The van der Waals surface area contributed by atoms with E-state index in [0.29, 0.717) is 6.04 Å².